The molecule has 0 N–H and O–H groups in total. The highest BCUT2D eigenvalue weighted by Crippen LogP contribution is 2.26. The monoisotopic (exact) mass is 377 g/mol. The van der Waals surface area contributed by atoms with Crippen LogP contribution in [0.4, 0.5) is 0 Å². The van der Waals surface area contributed by atoms with Crippen molar-refractivity contribution >= 4 is 50.2 Å². The summed E-state index contributed by atoms with van der Waals surface area (Å²) in [6, 6.07) is 16.7. The SMILES string of the molecule is CSc1ccc(Cc2cc3cc(Br)ccc3nc2Cl)cc1. The van der Waals surface area contributed by atoms with E-state index in [2.05, 4.69) is 63.6 Å². The Morgan fingerprint density at radius 3 is 2.57 bits per heavy atom. The fourth-order valence-corrected chi connectivity index (χ4v) is 3.25. The van der Waals surface area contributed by atoms with Crippen LogP contribution in [0.25, 0.3) is 10.9 Å². The second-order valence-corrected chi connectivity index (χ2v) is 6.95. The minimum Gasteiger partial charge on any atom is -0.236 e. The van der Waals surface area contributed by atoms with E-state index in [1.165, 1.54) is 10.5 Å². The molecule has 1 nitrogen and oxygen atoms in total. The molecule has 0 spiro atoms. The first-order chi connectivity index (χ1) is 10.2. The molecule has 0 atom stereocenters. The van der Waals surface area contributed by atoms with Crippen LogP contribution in [-0.2, 0) is 6.42 Å². The summed E-state index contributed by atoms with van der Waals surface area (Å²) in [7, 11) is 0. The Bertz CT molecular complexity index is 787. The highest BCUT2D eigenvalue weighted by atomic mass is 79.9. The lowest BCUT2D eigenvalue weighted by molar-refractivity contribution is 1.16. The van der Waals surface area contributed by atoms with E-state index in [1.54, 1.807) is 11.8 Å². The third-order valence-electron chi connectivity index (χ3n) is 3.36. The van der Waals surface area contributed by atoms with Crippen LogP contribution in [0.3, 0.4) is 0 Å². The van der Waals surface area contributed by atoms with Gasteiger partial charge in [0.25, 0.3) is 0 Å². The molecule has 4 heteroatoms. The van der Waals surface area contributed by atoms with Crippen molar-refractivity contribution in [2.24, 2.45) is 0 Å². The average molecular weight is 379 g/mol. The molecule has 0 fully saturated rings. The minimum atomic E-state index is 0.582. The van der Waals surface area contributed by atoms with Gasteiger partial charge in [0.15, 0.2) is 0 Å². The van der Waals surface area contributed by atoms with E-state index < -0.39 is 0 Å². The van der Waals surface area contributed by atoms with Crippen molar-refractivity contribution in [2.75, 3.05) is 6.26 Å². The van der Waals surface area contributed by atoms with E-state index in [0.29, 0.717) is 5.15 Å². The molecule has 1 aromatic heterocycles. The van der Waals surface area contributed by atoms with Gasteiger partial charge in [0.1, 0.15) is 5.15 Å². The number of rotatable bonds is 3. The summed E-state index contributed by atoms with van der Waals surface area (Å²) in [4.78, 5) is 5.76. The van der Waals surface area contributed by atoms with E-state index in [4.69, 9.17) is 11.6 Å². The van der Waals surface area contributed by atoms with Gasteiger partial charge in [0, 0.05) is 21.2 Å². The first kappa shape index (κ1) is 14.9. The van der Waals surface area contributed by atoms with Gasteiger partial charge in [-0.25, -0.2) is 4.98 Å². The molecule has 106 valence electrons. The maximum Gasteiger partial charge on any atom is 0.133 e. The maximum absolute atomic E-state index is 6.32. The van der Waals surface area contributed by atoms with Gasteiger partial charge in [-0.05, 0) is 53.8 Å². The van der Waals surface area contributed by atoms with E-state index in [-0.39, 0.29) is 0 Å². The van der Waals surface area contributed by atoms with Crippen molar-refractivity contribution in [3.05, 3.63) is 69.3 Å². The molecule has 0 aliphatic carbocycles. The maximum atomic E-state index is 6.32. The molecule has 3 rings (SSSR count). The van der Waals surface area contributed by atoms with Gasteiger partial charge >= 0.3 is 0 Å². The Morgan fingerprint density at radius 1 is 1.10 bits per heavy atom. The predicted molar refractivity (Wildman–Crippen MR) is 95.5 cm³/mol. The fraction of sp³-hybridized carbons (Fsp3) is 0.118. The van der Waals surface area contributed by atoms with Crippen LogP contribution < -0.4 is 0 Å². The van der Waals surface area contributed by atoms with Crippen molar-refractivity contribution in [3.63, 3.8) is 0 Å². The smallest absolute Gasteiger partial charge is 0.133 e. The van der Waals surface area contributed by atoms with Crippen molar-refractivity contribution in [2.45, 2.75) is 11.3 Å². The van der Waals surface area contributed by atoms with Gasteiger partial charge in [0.05, 0.1) is 5.52 Å². The van der Waals surface area contributed by atoms with Crippen LogP contribution in [0.2, 0.25) is 5.15 Å². The Balaban J connectivity index is 1.96. The summed E-state index contributed by atoms with van der Waals surface area (Å²) < 4.78 is 1.05. The zero-order chi connectivity index (χ0) is 14.8. The lowest BCUT2D eigenvalue weighted by atomic mass is 10.0. The number of benzene rings is 2. The topological polar surface area (TPSA) is 12.9 Å². The predicted octanol–water partition coefficient (Wildman–Crippen LogP) is 5.96. The molecule has 0 radical (unpaired) electrons. The molecule has 0 bridgehead atoms. The normalized spacial score (nSPS) is 11.0. The highest BCUT2D eigenvalue weighted by molar-refractivity contribution is 9.10. The standard InChI is InChI=1S/C17H13BrClNS/c1-21-15-5-2-11(3-6-15)8-13-9-12-10-14(18)4-7-16(12)20-17(13)19/h2-7,9-10H,8H2,1H3. The fourth-order valence-electron chi connectivity index (χ4n) is 2.25. The Kier molecular flexibility index (Phi) is 4.53. The van der Waals surface area contributed by atoms with Crippen LogP contribution in [0.5, 0.6) is 0 Å². The first-order valence-corrected chi connectivity index (χ1v) is 8.93. The summed E-state index contributed by atoms with van der Waals surface area (Å²) in [5.41, 5.74) is 3.22. The molecule has 0 aliphatic heterocycles. The molecular weight excluding hydrogens is 366 g/mol. The molecular formula is C17H13BrClNS. The number of hydrogen-bond acceptors (Lipinski definition) is 2. The Morgan fingerprint density at radius 2 is 1.86 bits per heavy atom. The number of nitrogens with zero attached hydrogens (tertiary/aromatic N) is 1. The molecule has 3 aromatic rings. The van der Waals surface area contributed by atoms with E-state index in [9.17, 15) is 0 Å². The zero-order valence-electron chi connectivity index (χ0n) is 11.4. The van der Waals surface area contributed by atoms with Gasteiger partial charge in [-0.3, -0.25) is 0 Å². The zero-order valence-corrected chi connectivity index (χ0v) is 14.6. The second-order valence-electron chi connectivity index (χ2n) is 4.80. The number of thioether (sulfide) groups is 1. The Labute approximate surface area is 141 Å². The Hall–Kier alpha value is -1.03. The van der Waals surface area contributed by atoms with E-state index in [1.807, 2.05) is 12.1 Å². The van der Waals surface area contributed by atoms with Crippen molar-refractivity contribution in [3.8, 4) is 0 Å². The van der Waals surface area contributed by atoms with Crippen molar-refractivity contribution in [1.29, 1.82) is 0 Å². The number of pyridine rings is 1. The lowest BCUT2D eigenvalue weighted by Crippen LogP contribution is -1.93. The molecule has 21 heavy (non-hydrogen) atoms. The lowest BCUT2D eigenvalue weighted by Gasteiger charge is -2.07. The largest absolute Gasteiger partial charge is 0.236 e. The van der Waals surface area contributed by atoms with Crippen LogP contribution >= 0.6 is 39.3 Å². The van der Waals surface area contributed by atoms with Gasteiger partial charge in [-0.15, -0.1) is 11.8 Å². The molecule has 0 saturated carbocycles. The second kappa shape index (κ2) is 6.39. The summed E-state index contributed by atoms with van der Waals surface area (Å²) in [5.74, 6) is 0. The molecule has 1 heterocycles. The summed E-state index contributed by atoms with van der Waals surface area (Å²) in [5, 5.41) is 1.68. The average Bonchev–Trinajstić information content (AvgIpc) is 2.49. The molecule has 0 unspecified atom stereocenters. The number of fused-ring (bicyclic) bond motifs is 1. The van der Waals surface area contributed by atoms with Crippen LogP contribution in [0, 0.1) is 0 Å². The molecule has 0 amide bonds. The number of aromatic nitrogens is 1. The number of hydrogen-bond donors (Lipinski definition) is 0. The quantitative estimate of drug-likeness (QED) is 0.412. The van der Waals surface area contributed by atoms with Gasteiger partial charge in [0.2, 0.25) is 0 Å². The van der Waals surface area contributed by atoms with E-state index >= 15 is 0 Å². The summed E-state index contributed by atoms with van der Waals surface area (Å²) in [6.07, 6.45) is 2.87. The summed E-state index contributed by atoms with van der Waals surface area (Å²) >= 11 is 11.6. The molecule has 0 aliphatic rings. The highest BCUT2D eigenvalue weighted by Gasteiger charge is 2.07. The van der Waals surface area contributed by atoms with Crippen LogP contribution in [0.15, 0.2) is 57.9 Å². The van der Waals surface area contributed by atoms with Crippen molar-refractivity contribution < 1.29 is 0 Å². The third kappa shape index (κ3) is 3.42. The van der Waals surface area contributed by atoms with Crippen LogP contribution in [0.1, 0.15) is 11.1 Å². The minimum absolute atomic E-state index is 0.582. The molecule has 0 saturated heterocycles. The van der Waals surface area contributed by atoms with E-state index in [0.717, 1.165) is 27.4 Å². The van der Waals surface area contributed by atoms with Gasteiger partial charge in [-0.1, -0.05) is 39.7 Å². The van der Waals surface area contributed by atoms with Crippen LogP contribution in [-0.4, -0.2) is 11.2 Å². The third-order valence-corrected chi connectivity index (χ3v) is 4.92. The summed E-state index contributed by atoms with van der Waals surface area (Å²) in [6.45, 7) is 0. The van der Waals surface area contributed by atoms with Gasteiger partial charge < -0.3 is 0 Å². The van der Waals surface area contributed by atoms with Gasteiger partial charge in [-0.2, -0.15) is 0 Å². The van der Waals surface area contributed by atoms with Crippen molar-refractivity contribution in [1.82, 2.24) is 4.98 Å². The number of halogens is 2. The first-order valence-electron chi connectivity index (χ1n) is 6.53. The molecule has 2 aromatic carbocycles.